The van der Waals surface area contributed by atoms with Crippen molar-refractivity contribution in [2.45, 2.75) is 32.8 Å². The van der Waals surface area contributed by atoms with Crippen LogP contribution in [0.2, 0.25) is 0 Å². The van der Waals surface area contributed by atoms with Gasteiger partial charge in [-0.25, -0.2) is 0 Å². The van der Waals surface area contributed by atoms with Gasteiger partial charge in [0.15, 0.2) is 0 Å². The molecule has 1 fully saturated rings. The van der Waals surface area contributed by atoms with Gasteiger partial charge in [0, 0.05) is 25.4 Å². The molecule has 0 bridgehead atoms. The normalized spacial score (nSPS) is 16.8. The number of anilines is 1. The summed E-state index contributed by atoms with van der Waals surface area (Å²) < 4.78 is 5.59. The molecule has 1 heterocycles. The number of ether oxygens (including phenoxy) is 1. The highest BCUT2D eigenvalue weighted by Gasteiger charge is 2.21. The minimum Gasteiger partial charge on any atom is -0.376 e. The van der Waals surface area contributed by atoms with Crippen LogP contribution in [-0.2, 0) is 14.3 Å². The lowest BCUT2D eigenvalue weighted by molar-refractivity contribution is -0.129. The summed E-state index contributed by atoms with van der Waals surface area (Å²) in [7, 11) is 0. The second-order valence-electron chi connectivity index (χ2n) is 5.97. The molecule has 2 rings (SSSR count). The summed E-state index contributed by atoms with van der Waals surface area (Å²) in [6.07, 6.45) is 2.27. The molecule has 132 valence electrons. The maximum absolute atomic E-state index is 12.3. The largest absolute Gasteiger partial charge is 0.376 e. The van der Waals surface area contributed by atoms with Crippen LogP contribution in [0.4, 0.5) is 5.69 Å². The summed E-state index contributed by atoms with van der Waals surface area (Å²) in [4.78, 5) is 26.0. The number of carbonyl (C=O) groups is 2. The van der Waals surface area contributed by atoms with E-state index in [0.717, 1.165) is 30.7 Å². The third kappa shape index (κ3) is 6.17. The molecule has 0 spiro atoms. The van der Waals surface area contributed by atoms with Crippen LogP contribution in [-0.4, -0.2) is 54.0 Å². The summed E-state index contributed by atoms with van der Waals surface area (Å²) >= 11 is 1.35. The number of likely N-dealkylation sites (N-methyl/N-ethyl adjacent to an activating group) is 1. The van der Waals surface area contributed by atoms with Gasteiger partial charge in [-0.1, -0.05) is 17.7 Å². The molecule has 0 unspecified atom stereocenters. The average Bonchev–Trinajstić information content (AvgIpc) is 3.07. The Morgan fingerprint density at radius 3 is 2.67 bits per heavy atom. The van der Waals surface area contributed by atoms with Gasteiger partial charge in [0.25, 0.3) is 0 Å². The third-order valence-corrected chi connectivity index (χ3v) is 4.89. The highest BCUT2D eigenvalue weighted by Crippen LogP contribution is 2.14. The van der Waals surface area contributed by atoms with Crippen LogP contribution in [0, 0.1) is 6.92 Å². The Morgan fingerprint density at radius 1 is 1.29 bits per heavy atom. The zero-order valence-corrected chi connectivity index (χ0v) is 15.2. The Morgan fingerprint density at radius 2 is 2.04 bits per heavy atom. The number of amides is 2. The Bertz CT molecular complexity index is 542. The van der Waals surface area contributed by atoms with Crippen molar-refractivity contribution in [1.29, 1.82) is 0 Å². The summed E-state index contributed by atoms with van der Waals surface area (Å²) in [5, 5.41) is 2.84. The van der Waals surface area contributed by atoms with E-state index in [-0.39, 0.29) is 23.7 Å². The van der Waals surface area contributed by atoms with Gasteiger partial charge in [0.1, 0.15) is 0 Å². The van der Waals surface area contributed by atoms with E-state index in [1.807, 2.05) is 43.0 Å². The van der Waals surface area contributed by atoms with E-state index >= 15 is 0 Å². The van der Waals surface area contributed by atoms with Crippen LogP contribution in [0.5, 0.6) is 0 Å². The Balaban J connectivity index is 1.68. The molecule has 24 heavy (non-hydrogen) atoms. The Hall–Kier alpha value is -1.53. The summed E-state index contributed by atoms with van der Waals surface area (Å²) in [5.74, 6) is 0.582. The Labute approximate surface area is 148 Å². The summed E-state index contributed by atoms with van der Waals surface area (Å²) in [6, 6.07) is 7.67. The highest BCUT2D eigenvalue weighted by molar-refractivity contribution is 8.00. The predicted molar refractivity (Wildman–Crippen MR) is 98.4 cm³/mol. The fourth-order valence-electron chi connectivity index (χ4n) is 2.60. The van der Waals surface area contributed by atoms with Crippen molar-refractivity contribution in [2.24, 2.45) is 0 Å². The minimum atomic E-state index is -0.0844. The number of rotatable bonds is 8. The quantitative estimate of drug-likeness (QED) is 0.783. The molecular weight excluding hydrogens is 324 g/mol. The van der Waals surface area contributed by atoms with E-state index in [1.165, 1.54) is 11.8 Å². The van der Waals surface area contributed by atoms with Crippen LogP contribution >= 0.6 is 11.8 Å². The van der Waals surface area contributed by atoms with E-state index < -0.39 is 0 Å². The molecule has 1 saturated heterocycles. The van der Waals surface area contributed by atoms with Gasteiger partial charge in [-0.05, 0) is 38.8 Å². The number of hydrogen-bond donors (Lipinski definition) is 1. The Kier molecular flexibility index (Phi) is 7.59. The van der Waals surface area contributed by atoms with E-state index in [1.54, 1.807) is 0 Å². The molecule has 1 aromatic rings. The number of thioether (sulfide) groups is 1. The van der Waals surface area contributed by atoms with Gasteiger partial charge < -0.3 is 15.0 Å². The van der Waals surface area contributed by atoms with Crippen LogP contribution < -0.4 is 5.32 Å². The molecule has 0 aromatic heterocycles. The molecular formula is C18H26N2O3S. The molecule has 0 saturated carbocycles. The van der Waals surface area contributed by atoms with Gasteiger partial charge in [0.05, 0.1) is 17.6 Å². The first kappa shape index (κ1) is 18.8. The molecule has 2 amide bonds. The molecule has 0 aliphatic carbocycles. The number of carbonyl (C=O) groups excluding carboxylic acids is 2. The van der Waals surface area contributed by atoms with E-state index in [4.69, 9.17) is 4.74 Å². The molecule has 6 heteroatoms. The summed E-state index contributed by atoms with van der Waals surface area (Å²) in [6.45, 7) is 6.11. The number of hydrogen-bond acceptors (Lipinski definition) is 4. The summed E-state index contributed by atoms with van der Waals surface area (Å²) in [5.41, 5.74) is 1.94. The SMILES string of the molecule is CCN(C[C@H]1CCCO1)C(=O)CSCC(=O)Nc1ccc(C)cc1. The van der Waals surface area contributed by atoms with Crippen molar-refractivity contribution in [1.82, 2.24) is 4.90 Å². The van der Waals surface area contributed by atoms with Crippen molar-refractivity contribution in [3.05, 3.63) is 29.8 Å². The molecule has 0 radical (unpaired) electrons. The second kappa shape index (κ2) is 9.69. The van der Waals surface area contributed by atoms with Crippen molar-refractivity contribution in [3.63, 3.8) is 0 Å². The maximum Gasteiger partial charge on any atom is 0.234 e. The topological polar surface area (TPSA) is 58.6 Å². The van der Waals surface area contributed by atoms with Gasteiger partial charge in [-0.15, -0.1) is 11.8 Å². The number of aryl methyl sites for hydroxylation is 1. The zero-order valence-electron chi connectivity index (χ0n) is 14.4. The molecule has 1 atom stereocenters. The van der Waals surface area contributed by atoms with Crippen molar-refractivity contribution in [3.8, 4) is 0 Å². The maximum atomic E-state index is 12.3. The molecule has 5 nitrogen and oxygen atoms in total. The van der Waals surface area contributed by atoms with Crippen molar-refractivity contribution >= 4 is 29.3 Å². The van der Waals surface area contributed by atoms with Crippen LogP contribution in [0.15, 0.2) is 24.3 Å². The molecule has 1 aromatic carbocycles. The highest BCUT2D eigenvalue weighted by atomic mass is 32.2. The van der Waals surface area contributed by atoms with Crippen molar-refractivity contribution < 1.29 is 14.3 Å². The molecule has 1 aliphatic heterocycles. The van der Waals surface area contributed by atoms with Crippen LogP contribution in [0.25, 0.3) is 0 Å². The number of nitrogens with one attached hydrogen (secondary N) is 1. The lowest BCUT2D eigenvalue weighted by Gasteiger charge is -2.23. The van der Waals surface area contributed by atoms with E-state index in [2.05, 4.69) is 5.32 Å². The predicted octanol–water partition coefficient (Wildman–Crippen LogP) is 2.69. The first-order valence-electron chi connectivity index (χ1n) is 8.42. The average molecular weight is 350 g/mol. The van der Waals surface area contributed by atoms with E-state index in [9.17, 15) is 9.59 Å². The lowest BCUT2D eigenvalue weighted by atomic mass is 10.2. The van der Waals surface area contributed by atoms with Crippen LogP contribution in [0.1, 0.15) is 25.3 Å². The monoisotopic (exact) mass is 350 g/mol. The van der Waals surface area contributed by atoms with Gasteiger partial charge in [-0.3, -0.25) is 9.59 Å². The minimum absolute atomic E-state index is 0.0705. The lowest BCUT2D eigenvalue weighted by Crippen LogP contribution is -2.38. The van der Waals surface area contributed by atoms with Gasteiger partial charge in [-0.2, -0.15) is 0 Å². The zero-order chi connectivity index (χ0) is 17.4. The number of benzene rings is 1. The second-order valence-corrected chi connectivity index (χ2v) is 6.96. The number of nitrogens with zero attached hydrogens (tertiary/aromatic N) is 1. The third-order valence-electron chi connectivity index (χ3n) is 3.98. The van der Waals surface area contributed by atoms with E-state index in [0.29, 0.717) is 18.8 Å². The molecule has 1 aliphatic rings. The van der Waals surface area contributed by atoms with Gasteiger partial charge >= 0.3 is 0 Å². The van der Waals surface area contributed by atoms with Crippen molar-refractivity contribution in [2.75, 3.05) is 36.5 Å². The standard InChI is InChI=1S/C18H26N2O3S/c1-3-20(11-16-5-4-10-23-16)18(22)13-24-12-17(21)19-15-8-6-14(2)7-9-15/h6-9,16H,3-5,10-13H2,1-2H3,(H,19,21)/t16-/m1/s1. The smallest absolute Gasteiger partial charge is 0.234 e. The van der Waals surface area contributed by atoms with Crippen LogP contribution in [0.3, 0.4) is 0 Å². The fraction of sp³-hybridized carbons (Fsp3) is 0.556. The van der Waals surface area contributed by atoms with Gasteiger partial charge in [0.2, 0.25) is 11.8 Å². The first-order chi connectivity index (χ1) is 11.6. The first-order valence-corrected chi connectivity index (χ1v) is 9.57. The molecule has 1 N–H and O–H groups in total. The fourth-order valence-corrected chi connectivity index (χ4v) is 3.31.